The van der Waals surface area contributed by atoms with Crippen molar-refractivity contribution in [2.24, 2.45) is 0 Å². The molecule has 1 aliphatic heterocycles. The number of anilines is 1. The summed E-state index contributed by atoms with van der Waals surface area (Å²) in [5.74, 6) is -0.447. The van der Waals surface area contributed by atoms with E-state index < -0.39 is 0 Å². The molecule has 0 unspecified atom stereocenters. The van der Waals surface area contributed by atoms with Crippen LogP contribution >= 0.6 is 22.6 Å². The van der Waals surface area contributed by atoms with Crippen LogP contribution in [-0.4, -0.2) is 31.1 Å². The quantitative estimate of drug-likeness (QED) is 0.663. The van der Waals surface area contributed by atoms with Crippen LogP contribution < -0.4 is 10.6 Å². The Balaban J connectivity index is 1.73. The Bertz CT molecular complexity index is 799. The summed E-state index contributed by atoms with van der Waals surface area (Å²) in [6, 6.07) is 12.7. The summed E-state index contributed by atoms with van der Waals surface area (Å²) in [4.78, 5) is 25.1. The highest BCUT2D eigenvalue weighted by molar-refractivity contribution is 14.1. The van der Waals surface area contributed by atoms with Crippen molar-refractivity contribution in [1.29, 1.82) is 0 Å². The Morgan fingerprint density at radius 3 is 2.62 bits per heavy atom. The summed E-state index contributed by atoms with van der Waals surface area (Å²) in [5, 5.41) is 5.76. The van der Waals surface area contributed by atoms with E-state index in [1.165, 1.54) is 0 Å². The molecule has 2 aromatic rings. The highest BCUT2D eigenvalue weighted by Gasteiger charge is 2.19. The van der Waals surface area contributed by atoms with Gasteiger partial charge in [-0.2, -0.15) is 0 Å². The van der Waals surface area contributed by atoms with E-state index in [4.69, 9.17) is 4.74 Å². The number of rotatable bonds is 5. The van der Waals surface area contributed by atoms with Gasteiger partial charge in [0.25, 0.3) is 11.8 Å². The van der Waals surface area contributed by atoms with Crippen LogP contribution in [0.4, 0.5) is 5.69 Å². The minimum atomic E-state index is -0.237. The van der Waals surface area contributed by atoms with Gasteiger partial charge in [0.2, 0.25) is 0 Å². The molecule has 3 rings (SSSR count). The zero-order chi connectivity index (χ0) is 18.5. The van der Waals surface area contributed by atoms with Crippen LogP contribution in [0.2, 0.25) is 0 Å². The lowest BCUT2D eigenvalue weighted by Crippen LogP contribution is -2.32. The van der Waals surface area contributed by atoms with Gasteiger partial charge in [-0.25, -0.2) is 0 Å². The standard InChI is InChI=1S/C20H21IN2O3/c1-13-4-6-14(7-5-13)19(24)23-18-9-8-15(21)11-17(18)20(25)22-12-16-3-2-10-26-16/h4-9,11,16H,2-3,10,12H2,1H3,(H,22,25)(H,23,24)/t16-/m0/s1. The second-order valence-electron chi connectivity index (χ2n) is 6.36. The number of carbonyl (C=O) groups is 2. The zero-order valence-corrected chi connectivity index (χ0v) is 16.7. The van der Waals surface area contributed by atoms with Gasteiger partial charge in [0, 0.05) is 22.3 Å². The number of amides is 2. The third-order valence-corrected chi connectivity index (χ3v) is 4.97. The normalized spacial score (nSPS) is 16.3. The van der Waals surface area contributed by atoms with Crippen molar-refractivity contribution in [1.82, 2.24) is 5.32 Å². The lowest BCUT2D eigenvalue weighted by atomic mass is 10.1. The maximum Gasteiger partial charge on any atom is 0.255 e. The lowest BCUT2D eigenvalue weighted by molar-refractivity contribution is 0.0858. The first-order valence-corrected chi connectivity index (χ1v) is 9.68. The van der Waals surface area contributed by atoms with E-state index in [2.05, 4.69) is 33.2 Å². The smallest absolute Gasteiger partial charge is 0.255 e. The van der Waals surface area contributed by atoms with Crippen molar-refractivity contribution >= 4 is 40.1 Å². The molecule has 5 nitrogen and oxygen atoms in total. The number of hydrogen-bond acceptors (Lipinski definition) is 3. The molecule has 1 atom stereocenters. The number of carbonyl (C=O) groups excluding carboxylic acids is 2. The molecule has 136 valence electrons. The fourth-order valence-corrected chi connectivity index (χ4v) is 3.31. The van der Waals surface area contributed by atoms with E-state index in [0.29, 0.717) is 23.4 Å². The fraction of sp³-hybridized carbons (Fsp3) is 0.300. The van der Waals surface area contributed by atoms with Crippen LogP contribution in [0.1, 0.15) is 39.1 Å². The number of hydrogen-bond donors (Lipinski definition) is 2. The fourth-order valence-electron chi connectivity index (χ4n) is 2.82. The highest BCUT2D eigenvalue weighted by Crippen LogP contribution is 2.20. The highest BCUT2D eigenvalue weighted by atomic mass is 127. The van der Waals surface area contributed by atoms with Crippen molar-refractivity contribution in [2.45, 2.75) is 25.9 Å². The van der Waals surface area contributed by atoms with Gasteiger partial charge in [-0.3, -0.25) is 9.59 Å². The van der Waals surface area contributed by atoms with Crippen molar-refractivity contribution in [3.63, 3.8) is 0 Å². The van der Waals surface area contributed by atoms with Gasteiger partial charge in [-0.15, -0.1) is 0 Å². The van der Waals surface area contributed by atoms with Gasteiger partial charge in [0.15, 0.2) is 0 Å². The first kappa shape index (κ1) is 18.8. The Morgan fingerprint density at radius 2 is 1.92 bits per heavy atom. The number of nitrogens with one attached hydrogen (secondary N) is 2. The van der Waals surface area contributed by atoms with E-state index >= 15 is 0 Å². The third-order valence-electron chi connectivity index (χ3n) is 4.30. The Kier molecular flexibility index (Phi) is 6.26. The molecule has 0 bridgehead atoms. The Hall–Kier alpha value is -1.93. The predicted octanol–water partition coefficient (Wildman–Crippen LogP) is 3.76. The van der Waals surface area contributed by atoms with E-state index in [1.807, 2.05) is 25.1 Å². The molecule has 0 spiro atoms. The van der Waals surface area contributed by atoms with Crippen molar-refractivity contribution in [3.8, 4) is 0 Å². The van der Waals surface area contributed by atoms with Crippen LogP contribution in [0.5, 0.6) is 0 Å². The second-order valence-corrected chi connectivity index (χ2v) is 7.60. The molecule has 0 aliphatic carbocycles. The molecule has 0 saturated carbocycles. The number of halogens is 1. The van der Waals surface area contributed by atoms with Gasteiger partial charge < -0.3 is 15.4 Å². The van der Waals surface area contributed by atoms with Crippen molar-refractivity contribution < 1.29 is 14.3 Å². The molecular formula is C20H21IN2O3. The molecule has 1 aliphatic rings. The van der Waals surface area contributed by atoms with Crippen LogP contribution in [0.25, 0.3) is 0 Å². The largest absolute Gasteiger partial charge is 0.376 e. The maximum atomic E-state index is 12.6. The molecule has 2 aromatic carbocycles. The summed E-state index contributed by atoms with van der Waals surface area (Å²) in [6.07, 6.45) is 2.07. The van der Waals surface area contributed by atoms with Crippen molar-refractivity contribution in [2.75, 3.05) is 18.5 Å². The van der Waals surface area contributed by atoms with E-state index in [9.17, 15) is 9.59 Å². The summed E-state index contributed by atoms with van der Waals surface area (Å²) in [5.41, 5.74) is 2.60. The molecule has 0 radical (unpaired) electrons. The molecule has 1 saturated heterocycles. The van der Waals surface area contributed by atoms with E-state index in [0.717, 1.165) is 28.6 Å². The summed E-state index contributed by atoms with van der Waals surface area (Å²) < 4.78 is 6.47. The van der Waals surface area contributed by atoms with Gasteiger partial charge in [0.05, 0.1) is 17.4 Å². The monoisotopic (exact) mass is 464 g/mol. The molecular weight excluding hydrogens is 443 g/mol. The second kappa shape index (κ2) is 8.64. The Labute approximate surface area is 166 Å². The van der Waals surface area contributed by atoms with Crippen LogP contribution in [-0.2, 0) is 4.74 Å². The summed E-state index contributed by atoms with van der Waals surface area (Å²) in [7, 11) is 0. The summed E-state index contributed by atoms with van der Waals surface area (Å²) >= 11 is 2.15. The van der Waals surface area contributed by atoms with E-state index in [1.54, 1.807) is 24.3 Å². The molecule has 0 aromatic heterocycles. The van der Waals surface area contributed by atoms with Gasteiger partial charge in [0.1, 0.15) is 0 Å². The topological polar surface area (TPSA) is 67.4 Å². The maximum absolute atomic E-state index is 12.6. The zero-order valence-electron chi connectivity index (χ0n) is 14.5. The van der Waals surface area contributed by atoms with Gasteiger partial charge in [-0.05, 0) is 72.7 Å². The van der Waals surface area contributed by atoms with Crippen LogP contribution in [0.15, 0.2) is 42.5 Å². The molecule has 2 amide bonds. The average molecular weight is 464 g/mol. The van der Waals surface area contributed by atoms with Gasteiger partial charge >= 0.3 is 0 Å². The molecule has 6 heteroatoms. The average Bonchev–Trinajstić information content (AvgIpc) is 3.15. The minimum Gasteiger partial charge on any atom is -0.376 e. The molecule has 2 N–H and O–H groups in total. The predicted molar refractivity (Wildman–Crippen MR) is 110 cm³/mol. The first-order chi connectivity index (χ1) is 12.5. The third kappa shape index (κ3) is 4.82. The lowest BCUT2D eigenvalue weighted by Gasteiger charge is -2.14. The summed E-state index contributed by atoms with van der Waals surface area (Å²) in [6.45, 7) is 3.20. The van der Waals surface area contributed by atoms with Crippen LogP contribution in [0.3, 0.4) is 0 Å². The Morgan fingerprint density at radius 1 is 1.15 bits per heavy atom. The molecule has 1 heterocycles. The molecule has 26 heavy (non-hydrogen) atoms. The minimum absolute atomic E-state index is 0.0762. The number of ether oxygens (including phenoxy) is 1. The van der Waals surface area contributed by atoms with Crippen molar-refractivity contribution in [3.05, 3.63) is 62.7 Å². The van der Waals surface area contributed by atoms with Crippen LogP contribution in [0, 0.1) is 10.5 Å². The number of aryl methyl sites for hydroxylation is 1. The SMILES string of the molecule is Cc1ccc(C(=O)Nc2ccc(I)cc2C(=O)NC[C@@H]2CCCO2)cc1. The van der Waals surface area contributed by atoms with E-state index in [-0.39, 0.29) is 17.9 Å². The number of benzene rings is 2. The van der Waals surface area contributed by atoms with Gasteiger partial charge in [-0.1, -0.05) is 17.7 Å². The molecule has 1 fully saturated rings. The first-order valence-electron chi connectivity index (χ1n) is 8.60.